The number of aryl methyl sites for hydroxylation is 1. The average molecular weight is 391 g/mol. The summed E-state index contributed by atoms with van der Waals surface area (Å²) < 4.78 is 43.1. The van der Waals surface area contributed by atoms with Crippen LogP contribution in [0.2, 0.25) is 0 Å². The summed E-state index contributed by atoms with van der Waals surface area (Å²) in [5.74, 6) is -1.34. The van der Waals surface area contributed by atoms with Crippen molar-refractivity contribution in [1.29, 1.82) is 0 Å². The van der Waals surface area contributed by atoms with Crippen molar-refractivity contribution in [3.05, 3.63) is 71.3 Å². The Hall–Kier alpha value is -3.09. The summed E-state index contributed by atoms with van der Waals surface area (Å²) in [7, 11) is 0. The fourth-order valence-corrected chi connectivity index (χ4v) is 2.32. The normalized spacial score (nSPS) is 12.6. The van der Waals surface area contributed by atoms with E-state index in [1.165, 1.54) is 25.1 Å². The number of benzene rings is 2. The van der Waals surface area contributed by atoms with E-state index in [9.17, 15) is 22.8 Å². The van der Waals surface area contributed by atoms with E-state index < -0.39 is 29.7 Å². The van der Waals surface area contributed by atoms with Gasteiger partial charge in [0.05, 0.1) is 5.56 Å². The number of carbonyl (C=O) groups excluding carboxylic acids is 2. The molecule has 0 aliphatic rings. The van der Waals surface area contributed by atoms with Gasteiger partial charge in [0.1, 0.15) is 0 Å². The monoisotopic (exact) mass is 391 g/mol. The number of ether oxygens (including phenoxy) is 1. The third kappa shape index (κ3) is 6.26. The van der Waals surface area contributed by atoms with Crippen LogP contribution in [-0.4, -0.2) is 18.0 Å². The lowest BCUT2D eigenvalue weighted by Crippen LogP contribution is -2.29. The molecule has 0 aliphatic heterocycles. The second-order valence-electron chi connectivity index (χ2n) is 6.08. The molecule has 2 rings (SSSR count). The molecule has 0 heterocycles. The molecule has 0 aliphatic carbocycles. The number of carbonyl (C=O) groups is 2. The van der Waals surface area contributed by atoms with Crippen LogP contribution in [-0.2, 0) is 26.9 Å². The second-order valence-corrected chi connectivity index (χ2v) is 6.08. The summed E-state index contributed by atoms with van der Waals surface area (Å²) in [6, 6.07) is 11.8. The Balaban J connectivity index is 1.92. The number of alkyl halides is 3. The van der Waals surface area contributed by atoms with E-state index in [0.29, 0.717) is 5.69 Å². The quantitative estimate of drug-likeness (QED) is 0.566. The van der Waals surface area contributed by atoms with Gasteiger partial charge in [-0.25, -0.2) is 4.79 Å². The van der Waals surface area contributed by atoms with Gasteiger partial charge in [-0.15, -0.1) is 0 Å². The number of esters is 1. The molecule has 0 unspecified atom stereocenters. The fourth-order valence-electron chi connectivity index (χ4n) is 2.32. The van der Waals surface area contributed by atoms with E-state index in [1.807, 2.05) is 19.1 Å². The number of hydrogen-bond acceptors (Lipinski definition) is 3. The van der Waals surface area contributed by atoms with Crippen LogP contribution in [0.25, 0.3) is 6.08 Å². The van der Waals surface area contributed by atoms with Crippen molar-refractivity contribution in [1.82, 2.24) is 0 Å². The molecule has 148 valence electrons. The first-order valence-electron chi connectivity index (χ1n) is 8.65. The van der Waals surface area contributed by atoms with Crippen molar-refractivity contribution in [3.8, 4) is 0 Å². The SMILES string of the molecule is CCc1ccc(NC(=O)[C@@H](C)OC(=O)/C=C/c2cccc(C(F)(F)F)c2)cc1. The van der Waals surface area contributed by atoms with Gasteiger partial charge in [0, 0.05) is 11.8 Å². The molecule has 28 heavy (non-hydrogen) atoms. The molecule has 1 atom stereocenters. The fraction of sp³-hybridized carbons (Fsp3) is 0.238. The lowest BCUT2D eigenvalue weighted by molar-refractivity contribution is -0.148. The van der Waals surface area contributed by atoms with Crippen molar-refractivity contribution >= 4 is 23.6 Å². The van der Waals surface area contributed by atoms with Crippen LogP contribution in [0.15, 0.2) is 54.6 Å². The van der Waals surface area contributed by atoms with Crippen LogP contribution in [0.3, 0.4) is 0 Å². The Morgan fingerprint density at radius 1 is 1.14 bits per heavy atom. The lowest BCUT2D eigenvalue weighted by Gasteiger charge is -2.12. The highest BCUT2D eigenvalue weighted by atomic mass is 19.4. The Morgan fingerprint density at radius 3 is 2.43 bits per heavy atom. The molecule has 0 radical (unpaired) electrons. The van der Waals surface area contributed by atoms with E-state index in [-0.39, 0.29) is 5.56 Å². The number of nitrogens with one attached hydrogen (secondary N) is 1. The Labute approximate surface area is 161 Å². The summed E-state index contributed by atoms with van der Waals surface area (Å²) in [6.45, 7) is 3.42. The van der Waals surface area contributed by atoms with Gasteiger partial charge in [-0.3, -0.25) is 4.79 Å². The highest BCUT2D eigenvalue weighted by Crippen LogP contribution is 2.29. The zero-order valence-electron chi connectivity index (χ0n) is 15.4. The minimum atomic E-state index is -4.47. The van der Waals surface area contributed by atoms with Crippen molar-refractivity contribution < 1.29 is 27.5 Å². The van der Waals surface area contributed by atoms with Gasteiger partial charge in [0.25, 0.3) is 5.91 Å². The molecule has 0 saturated carbocycles. The first-order valence-corrected chi connectivity index (χ1v) is 8.65. The maximum atomic E-state index is 12.7. The molecule has 2 aromatic rings. The molecule has 0 aromatic heterocycles. The highest BCUT2D eigenvalue weighted by Gasteiger charge is 2.30. The number of amides is 1. The third-order valence-corrected chi connectivity index (χ3v) is 3.92. The summed E-state index contributed by atoms with van der Waals surface area (Å²) in [6.07, 6.45) is -2.47. The van der Waals surface area contributed by atoms with Crippen molar-refractivity contribution in [2.24, 2.45) is 0 Å². The lowest BCUT2D eigenvalue weighted by atomic mass is 10.1. The van der Waals surface area contributed by atoms with E-state index in [0.717, 1.165) is 30.2 Å². The Bertz CT molecular complexity index is 858. The molecule has 2 aromatic carbocycles. The minimum Gasteiger partial charge on any atom is -0.449 e. The van der Waals surface area contributed by atoms with E-state index in [2.05, 4.69) is 5.32 Å². The topological polar surface area (TPSA) is 55.4 Å². The van der Waals surface area contributed by atoms with Crippen LogP contribution < -0.4 is 5.32 Å². The van der Waals surface area contributed by atoms with Crippen LogP contribution in [0.5, 0.6) is 0 Å². The number of rotatable bonds is 6. The molecule has 7 heteroatoms. The predicted molar refractivity (Wildman–Crippen MR) is 100 cm³/mol. The molecule has 0 fully saturated rings. The Kier molecular flexibility index (Phi) is 6.98. The molecular formula is C21H20F3NO3. The van der Waals surface area contributed by atoms with Gasteiger partial charge in [-0.05, 0) is 54.8 Å². The van der Waals surface area contributed by atoms with E-state index in [1.54, 1.807) is 12.1 Å². The second kappa shape index (κ2) is 9.21. The van der Waals surface area contributed by atoms with Crippen molar-refractivity contribution in [2.75, 3.05) is 5.32 Å². The summed E-state index contributed by atoms with van der Waals surface area (Å²) in [5.41, 5.74) is 1.08. The van der Waals surface area contributed by atoms with E-state index >= 15 is 0 Å². The van der Waals surface area contributed by atoms with Gasteiger partial charge < -0.3 is 10.1 Å². The molecule has 1 N–H and O–H groups in total. The van der Waals surface area contributed by atoms with Crippen molar-refractivity contribution in [2.45, 2.75) is 32.5 Å². The van der Waals surface area contributed by atoms with Gasteiger partial charge in [0.2, 0.25) is 0 Å². The zero-order valence-corrected chi connectivity index (χ0v) is 15.4. The predicted octanol–water partition coefficient (Wildman–Crippen LogP) is 4.85. The smallest absolute Gasteiger partial charge is 0.416 e. The molecule has 4 nitrogen and oxygen atoms in total. The number of anilines is 1. The van der Waals surface area contributed by atoms with Crippen LogP contribution >= 0.6 is 0 Å². The maximum Gasteiger partial charge on any atom is 0.416 e. The minimum absolute atomic E-state index is 0.194. The van der Waals surface area contributed by atoms with Gasteiger partial charge in [-0.2, -0.15) is 13.2 Å². The molecular weight excluding hydrogens is 371 g/mol. The van der Waals surface area contributed by atoms with Crippen LogP contribution in [0, 0.1) is 0 Å². The first kappa shape index (κ1) is 21.2. The van der Waals surface area contributed by atoms with Gasteiger partial charge in [0.15, 0.2) is 6.10 Å². The third-order valence-electron chi connectivity index (χ3n) is 3.92. The summed E-state index contributed by atoms with van der Waals surface area (Å²) in [4.78, 5) is 23.9. The first-order chi connectivity index (χ1) is 13.2. The molecule has 0 bridgehead atoms. The van der Waals surface area contributed by atoms with Gasteiger partial charge >= 0.3 is 12.1 Å². The largest absolute Gasteiger partial charge is 0.449 e. The summed E-state index contributed by atoms with van der Waals surface area (Å²) >= 11 is 0. The number of halogens is 3. The summed E-state index contributed by atoms with van der Waals surface area (Å²) in [5, 5.41) is 2.63. The number of hydrogen-bond donors (Lipinski definition) is 1. The maximum absolute atomic E-state index is 12.7. The van der Waals surface area contributed by atoms with E-state index in [4.69, 9.17) is 4.74 Å². The van der Waals surface area contributed by atoms with Crippen LogP contribution in [0.1, 0.15) is 30.5 Å². The standard InChI is InChI=1S/C21H20F3NO3/c1-3-15-7-10-18(11-8-15)25-20(27)14(2)28-19(26)12-9-16-5-4-6-17(13-16)21(22,23)24/h4-14H,3H2,1-2H3,(H,25,27)/b12-9+/t14-/m1/s1. The van der Waals surface area contributed by atoms with Gasteiger partial charge in [-0.1, -0.05) is 31.2 Å². The highest BCUT2D eigenvalue weighted by molar-refractivity contribution is 5.96. The molecule has 1 amide bonds. The average Bonchev–Trinajstić information content (AvgIpc) is 2.66. The van der Waals surface area contributed by atoms with Crippen molar-refractivity contribution in [3.63, 3.8) is 0 Å². The molecule has 0 spiro atoms. The zero-order chi connectivity index (χ0) is 20.7. The molecule has 0 saturated heterocycles. The van der Waals surface area contributed by atoms with Crippen LogP contribution in [0.4, 0.5) is 18.9 Å². The Morgan fingerprint density at radius 2 is 1.82 bits per heavy atom.